The van der Waals surface area contributed by atoms with Crippen LogP contribution in [0.4, 0.5) is 5.69 Å². The van der Waals surface area contributed by atoms with Gasteiger partial charge in [-0.25, -0.2) is 0 Å². The zero-order chi connectivity index (χ0) is 11.0. The van der Waals surface area contributed by atoms with Gasteiger partial charge in [-0.1, -0.05) is 0 Å². The molecule has 1 aromatic heterocycles. The molecule has 1 aromatic rings. The number of rotatable bonds is 1. The van der Waals surface area contributed by atoms with Crippen molar-refractivity contribution in [3.05, 3.63) is 11.9 Å². The third kappa shape index (κ3) is 1.68. The van der Waals surface area contributed by atoms with Gasteiger partial charge in [-0.3, -0.25) is 9.48 Å². The fraction of sp³-hybridized carbons (Fsp3) is 0.556. The van der Waals surface area contributed by atoms with E-state index in [1.54, 1.807) is 11.9 Å². The Morgan fingerprint density at radius 3 is 2.93 bits per heavy atom. The Labute approximate surface area is 87.3 Å². The van der Waals surface area contributed by atoms with Crippen LogP contribution in [0.2, 0.25) is 0 Å². The van der Waals surface area contributed by atoms with E-state index in [4.69, 9.17) is 5.73 Å². The minimum absolute atomic E-state index is 0.163. The second-order valence-electron chi connectivity index (χ2n) is 3.77. The van der Waals surface area contributed by atoms with Crippen LogP contribution in [0.1, 0.15) is 16.9 Å². The van der Waals surface area contributed by atoms with Crippen LogP contribution in [0.5, 0.6) is 0 Å². The number of aromatic nitrogens is 2. The molecule has 82 valence electrons. The van der Waals surface area contributed by atoms with Crippen molar-refractivity contribution in [1.29, 1.82) is 0 Å². The predicted molar refractivity (Wildman–Crippen MR) is 54.1 cm³/mol. The minimum atomic E-state index is -0.414. The summed E-state index contributed by atoms with van der Waals surface area (Å²) in [6.07, 6.45) is 1.67. The monoisotopic (exact) mass is 210 g/mol. The number of nitrogens with two attached hydrogens (primary N) is 1. The maximum absolute atomic E-state index is 12.0. The predicted octanol–water partition coefficient (Wildman–Crippen LogP) is -0.791. The zero-order valence-corrected chi connectivity index (χ0v) is 8.55. The molecule has 0 bridgehead atoms. The molecule has 0 saturated carbocycles. The molecule has 2 rings (SSSR count). The largest absolute Gasteiger partial charge is 0.396 e. The van der Waals surface area contributed by atoms with Gasteiger partial charge in [-0.2, -0.15) is 5.10 Å². The summed E-state index contributed by atoms with van der Waals surface area (Å²) in [4.78, 5) is 13.6. The lowest BCUT2D eigenvalue weighted by Gasteiger charge is -2.15. The van der Waals surface area contributed by atoms with Crippen molar-refractivity contribution in [2.45, 2.75) is 12.5 Å². The molecule has 0 spiro atoms. The Kier molecular flexibility index (Phi) is 2.36. The lowest BCUT2D eigenvalue weighted by atomic mass is 10.3. The Morgan fingerprint density at radius 1 is 1.73 bits per heavy atom. The van der Waals surface area contributed by atoms with Crippen LogP contribution in [-0.2, 0) is 7.05 Å². The molecule has 1 amide bonds. The second kappa shape index (κ2) is 3.54. The summed E-state index contributed by atoms with van der Waals surface area (Å²) in [6.45, 7) is 0.952. The number of nitrogens with zero attached hydrogens (tertiary/aromatic N) is 3. The summed E-state index contributed by atoms with van der Waals surface area (Å²) < 4.78 is 1.46. The molecule has 1 atom stereocenters. The molecule has 6 nitrogen and oxygen atoms in total. The molecule has 1 fully saturated rings. The minimum Gasteiger partial charge on any atom is -0.396 e. The maximum atomic E-state index is 12.0. The third-order valence-electron chi connectivity index (χ3n) is 2.62. The Balaban J connectivity index is 2.21. The molecule has 1 aliphatic heterocycles. The first-order valence-corrected chi connectivity index (χ1v) is 4.84. The van der Waals surface area contributed by atoms with Gasteiger partial charge in [0.25, 0.3) is 5.91 Å². The smallest absolute Gasteiger partial charge is 0.274 e. The molecule has 1 aliphatic rings. The topological polar surface area (TPSA) is 84.4 Å². The van der Waals surface area contributed by atoms with E-state index in [0.717, 1.165) is 0 Å². The van der Waals surface area contributed by atoms with Gasteiger partial charge < -0.3 is 15.7 Å². The molecule has 0 aromatic carbocycles. The normalized spacial score (nSPS) is 20.9. The van der Waals surface area contributed by atoms with E-state index in [1.807, 2.05) is 0 Å². The van der Waals surface area contributed by atoms with E-state index in [2.05, 4.69) is 5.10 Å². The average Bonchev–Trinajstić information content (AvgIpc) is 2.73. The number of nitrogen functional groups attached to an aromatic ring is 1. The SMILES string of the molecule is Cn1ncc(N)c1C(=O)N1CC[C@H](O)C1. The Morgan fingerprint density at radius 2 is 2.47 bits per heavy atom. The van der Waals surface area contributed by atoms with Gasteiger partial charge in [0.1, 0.15) is 5.69 Å². The van der Waals surface area contributed by atoms with Crippen LogP contribution in [0.3, 0.4) is 0 Å². The van der Waals surface area contributed by atoms with Crippen LogP contribution in [0.25, 0.3) is 0 Å². The highest BCUT2D eigenvalue weighted by Crippen LogP contribution is 2.16. The van der Waals surface area contributed by atoms with Crippen LogP contribution < -0.4 is 5.73 Å². The summed E-state index contributed by atoms with van der Waals surface area (Å²) in [5.74, 6) is -0.163. The summed E-state index contributed by atoms with van der Waals surface area (Å²) in [5, 5.41) is 13.2. The Hall–Kier alpha value is -1.56. The number of β-amino-alcohol motifs (C(OH)–C–C–N with tert-alkyl or cyclic N) is 1. The summed E-state index contributed by atoms with van der Waals surface area (Å²) in [5.41, 5.74) is 6.42. The molecule has 15 heavy (non-hydrogen) atoms. The van der Waals surface area contributed by atoms with Crippen molar-refractivity contribution in [3.8, 4) is 0 Å². The standard InChI is InChI=1S/C9H14N4O2/c1-12-8(7(10)4-11-12)9(15)13-3-2-6(14)5-13/h4,6,14H,2-3,5,10H2,1H3/t6-/m0/s1. The van der Waals surface area contributed by atoms with Crippen LogP contribution in [-0.4, -0.2) is 44.9 Å². The number of aliphatic hydroxyl groups is 1. The molecule has 0 radical (unpaired) electrons. The molecule has 6 heteroatoms. The first kappa shape index (κ1) is 9.97. The van der Waals surface area contributed by atoms with Crippen molar-refractivity contribution < 1.29 is 9.90 Å². The van der Waals surface area contributed by atoms with Gasteiger partial charge in [0.05, 0.1) is 18.0 Å². The van der Waals surface area contributed by atoms with Gasteiger partial charge in [0.2, 0.25) is 0 Å². The number of carbonyl (C=O) groups excluding carboxylic acids is 1. The van der Waals surface area contributed by atoms with E-state index >= 15 is 0 Å². The number of carbonyl (C=O) groups is 1. The lowest BCUT2D eigenvalue weighted by molar-refractivity contribution is 0.0755. The van der Waals surface area contributed by atoms with Crippen molar-refractivity contribution in [2.24, 2.45) is 7.05 Å². The van der Waals surface area contributed by atoms with Crippen LogP contribution >= 0.6 is 0 Å². The van der Waals surface area contributed by atoms with Gasteiger partial charge >= 0.3 is 0 Å². The fourth-order valence-corrected chi connectivity index (χ4v) is 1.79. The van der Waals surface area contributed by atoms with Crippen LogP contribution in [0.15, 0.2) is 6.20 Å². The molecule has 1 saturated heterocycles. The highest BCUT2D eigenvalue weighted by molar-refractivity contribution is 5.97. The summed E-state index contributed by atoms with van der Waals surface area (Å²) in [7, 11) is 1.68. The zero-order valence-electron chi connectivity index (χ0n) is 8.55. The fourth-order valence-electron chi connectivity index (χ4n) is 1.79. The average molecular weight is 210 g/mol. The number of anilines is 1. The first-order valence-electron chi connectivity index (χ1n) is 4.84. The van der Waals surface area contributed by atoms with E-state index in [0.29, 0.717) is 30.9 Å². The molecule has 2 heterocycles. The van der Waals surface area contributed by atoms with Gasteiger partial charge in [-0.15, -0.1) is 0 Å². The summed E-state index contributed by atoms with van der Waals surface area (Å²) in [6, 6.07) is 0. The Bertz CT molecular complexity index is 368. The van der Waals surface area contributed by atoms with Crippen molar-refractivity contribution in [1.82, 2.24) is 14.7 Å². The number of aliphatic hydroxyl groups excluding tert-OH is 1. The van der Waals surface area contributed by atoms with E-state index in [1.165, 1.54) is 10.9 Å². The number of hydrogen-bond donors (Lipinski definition) is 2. The number of aryl methyl sites for hydroxylation is 1. The molecule has 0 unspecified atom stereocenters. The molecule has 0 aliphatic carbocycles. The van der Waals surface area contributed by atoms with E-state index < -0.39 is 6.10 Å². The van der Waals surface area contributed by atoms with Crippen LogP contribution in [0, 0.1) is 0 Å². The summed E-state index contributed by atoms with van der Waals surface area (Å²) >= 11 is 0. The van der Waals surface area contributed by atoms with Crippen molar-refractivity contribution >= 4 is 11.6 Å². The molecular formula is C9H14N4O2. The number of hydrogen-bond acceptors (Lipinski definition) is 4. The quantitative estimate of drug-likeness (QED) is 0.636. The molecule has 3 N–H and O–H groups in total. The van der Waals surface area contributed by atoms with Gasteiger partial charge in [0, 0.05) is 20.1 Å². The maximum Gasteiger partial charge on any atom is 0.274 e. The van der Waals surface area contributed by atoms with Crippen molar-refractivity contribution in [2.75, 3.05) is 18.8 Å². The molecular weight excluding hydrogens is 196 g/mol. The van der Waals surface area contributed by atoms with Crippen molar-refractivity contribution in [3.63, 3.8) is 0 Å². The van der Waals surface area contributed by atoms with E-state index in [-0.39, 0.29) is 5.91 Å². The number of amides is 1. The third-order valence-corrected chi connectivity index (χ3v) is 2.62. The number of likely N-dealkylation sites (tertiary alicyclic amines) is 1. The lowest BCUT2D eigenvalue weighted by Crippen LogP contribution is -2.31. The first-order chi connectivity index (χ1) is 7.09. The second-order valence-corrected chi connectivity index (χ2v) is 3.77. The van der Waals surface area contributed by atoms with E-state index in [9.17, 15) is 9.90 Å². The highest BCUT2D eigenvalue weighted by Gasteiger charge is 2.28. The van der Waals surface area contributed by atoms with Gasteiger partial charge in [0.15, 0.2) is 0 Å². The highest BCUT2D eigenvalue weighted by atomic mass is 16.3. The van der Waals surface area contributed by atoms with Gasteiger partial charge in [-0.05, 0) is 6.42 Å².